The first kappa shape index (κ1) is 35.5. The minimum atomic E-state index is -0.0643. The standard InChI is InChI=1S/C41H32O2.2K/c42-40-25-23-36(34-19-15-32(16-20-34)13-11-30-7-3-1-4-8-30)27-38(40)29-39-28-37(24-26-41(39)43)35-21-17-33(18-22-35)14-12-31-9-5-2-6-10-31;;/h1-28,42-43H,29H2;;/q;2*+1/p-2/b13-11+,14-12+;;. The topological polar surface area (TPSA) is 46.1 Å². The zero-order valence-corrected chi connectivity index (χ0v) is 31.9. The van der Waals surface area contributed by atoms with Gasteiger partial charge in [0, 0.05) is 0 Å². The van der Waals surface area contributed by atoms with Gasteiger partial charge in [-0.15, -0.1) is 11.5 Å². The Hall–Kier alpha value is -2.33. The molecular weight excluding hydrogens is 603 g/mol. The van der Waals surface area contributed by atoms with E-state index in [-0.39, 0.29) is 121 Å². The molecule has 0 aliphatic rings. The van der Waals surface area contributed by atoms with E-state index in [4.69, 9.17) is 0 Å². The Morgan fingerprint density at radius 3 is 1.02 bits per heavy atom. The largest absolute Gasteiger partial charge is 1.00 e. The van der Waals surface area contributed by atoms with Crippen molar-refractivity contribution in [3.05, 3.63) is 179 Å². The van der Waals surface area contributed by atoms with Crippen LogP contribution in [0, 0.1) is 0 Å². The van der Waals surface area contributed by atoms with E-state index in [9.17, 15) is 10.2 Å². The van der Waals surface area contributed by atoms with Crippen LogP contribution in [0.4, 0.5) is 0 Å². The third kappa shape index (κ3) is 9.83. The molecule has 208 valence electrons. The van der Waals surface area contributed by atoms with Gasteiger partial charge in [0.1, 0.15) is 0 Å². The molecule has 0 amide bonds. The van der Waals surface area contributed by atoms with Gasteiger partial charge in [-0.1, -0.05) is 181 Å². The van der Waals surface area contributed by atoms with Crippen LogP contribution in [0.3, 0.4) is 0 Å². The van der Waals surface area contributed by atoms with Gasteiger partial charge in [0.05, 0.1) is 0 Å². The number of hydrogen-bond donors (Lipinski definition) is 0. The summed E-state index contributed by atoms with van der Waals surface area (Å²) in [4.78, 5) is 0. The molecule has 0 aromatic heterocycles. The second kappa shape index (κ2) is 17.6. The van der Waals surface area contributed by atoms with Gasteiger partial charge in [0.2, 0.25) is 0 Å². The quantitative estimate of drug-likeness (QED) is 0.191. The van der Waals surface area contributed by atoms with Gasteiger partial charge in [-0.2, -0.15) is 0 Å². The van der Waals surface area contributed by atoms with Crippen molar-refractivity contribution < 1.29 is 113 Å². The number of benzene rings is 6. The van der Waals surface area contributed by atoms with E-state index in [1.165, 1.54) is 0 Å². The van der Waals surface area contributed by atoms with Crippen LogP contribution in [0.15, 0.2) is 146 Å². The Kier molecular flexibility index (Phi) is 13.9. The van der Waals surface area contributed by atoms with E-state index < -0.39 is 0 Å². The molecule has 6 rings (SSSR count). The van der Waals surface area contributed by atoms with Crippen molar-refractivity contribution in [2.24, 2.45) is 0 Å². The zero-order valence-electron chi connectivity index (χ0n) is 25.7. The molecule has 0 saturated carbocycles. The first-order chi connectivity index (χ1) is 21.1. The second-order valence-corrected chi connectivity index (χ2v) is 10.6. The van der Waals surface area contributed by atoms with E-state index in [1.807, 2.05) is 60.7 Å². The van der Waals surface area contributed by atoms with Crippen LogP contribution in [0.25, 0.3) is 46.6 Å². The fourth-order valence-corrected chi connectivity index (χ4v) is 5.09. The summed E-state index contributed by atoms with van der Waals surface area (Å²) in [6.07, 6.45) is 8.64. The summed E-state index contributed by atoms with van der Waals surface area (Å²) in [5, 5.41) is 25.7. The van der Waals surface area contributed by atoms with Gasteiger partial charge in [-0.25, -0.2) is 0 Å². The molecule has 45 heavy (non-hydrogen) atoms. The van der Waals surface area contributed by atoms with Crippen LogP contribution in [-0.4, -0.2) is 0 Å². The van der Waals surface area contributed by atoms with Crippen LogP contribution < -0.4 is 113 Å². The summed E-state index contributed by atoms with van der Waals surface area (Å²) in [7, 11) is 0. The first-order valence-corrected chi connectivity index (χ1v) is 14.4. The second-order valence-electron chi connectivity index (χ2n) is 10.6. The van der Waals surface area contributed by atoms with E-state index in [2.05, 4.69) is 97.1 Å². The predicted octanol–water partition coefficient (Wildman–Crippen LogP) is 3.11. The molecule has 0 radical (unpaired) electrons. The van der Waals surface area contributed by atoms with Crippen LogP contribution in [-0.2, 0) is 6.42 Å². The van der Waals surface area contributed by atoms with Crippen molar-refractivity contribution in [1.82, 2.24) is 0 Å². The molecule has 4 heteroatoms. The van der Waals surface area contributed by atoms with Crippen LogP contribution in [0.2, 0.25) is 0 Å². The minimum Gasteiger partial charge on any atom is -0.872 e. The summed E-state index contributed by atoms with van der Waals surface area (Å²) < 4.78 is 0. The van der Waals surface area contributed by atoms with Gasteiger partial charge in [0.15, 0.2) is 0 Å². The van der Waals surface area contributed by atoms with Crippen LogP contribution in [0.5, 0.6) is 11.5 Å². The number of rotatable bonds is 8. The molecule has 6 aromatic rings. The molecule has 6 aromatic carbocycles. The van der Waals surface area contributed by atoms with Crippen molar-refractivity contribution in [3.63, 3.8) is 0 Å². The fourth-order valence-electron chi connectivity index (χ4n) is 5.09. The molecule has 0 unspecified atom stereocenters. The SMILES string of the molecule is [K+].[K+].[O-]c1ccc(-c2ccc(/C=C/c3ccccc3)cc2)cc1Cc1cc(-c2ccc(/C=C/c3ccccc3)cc2)ccc1[O-]. The summed E-state index contributed by atoms with van der Waals surface area (Å²) in [5.41, 5.74) is 9.68. The van der Waals surface area contributed by atoms with Gasteiger partial charge >= 0.3 is 103 Å². The van der Waals surface area contributed by atoms with Crippen molar-refractivity contribution in [2.75, 3.05) is 0 Å². The molecule has 0 bridgehead atoms. The Labute approximate surface area is 351 Å². The van der Waals surface area contributed by atoms with Crippen molar-refractivity contribution in [3.8, 4) is 33.8 Å². The molecule has 0 N–H and O–H groups in total. The molecule has 0 saturated heterocycles. The predicted molar refractivity (Wildman–Crippen MR) is 176 cm³/mol. The molecule has 0 fully saturated rings. The van der Waals surface area contributed by atoms with E-state index in [0.29, 0.717) is 11.1 Å². The Bertz CT molecular complexity index is 1740. The van der Waals surface area contributed by atoms with Crippen molar-refractivity contribution in [1.29, 1.82) is 0 Å². The maximum absolute atomic E-state index is 12.8. The molecule has 0 aliphatic carbocycles. The van der Waals surface area contributed by atoms with E-state index in [0.717, 1.165) is 44.5 Å². The maximum Gasteiger partial charge on any atom is 1.00 e. The molecule has 0 atom stereocenters. The average molecular weight is 633 g/mol. The normalized spacial score (nSPS) is 10.8. The summed E-state index contributed by atoms with van der Waals surface area (Å²) >= 11 is 0. The van der Waals surface area contributed by atoms with E-state index >= 15 is 0 Å². The van der Waals surface area contributed by atoms with Crippen molar-refractivity contribution >= 4 is 24.3 Å². The Morgan fingerprint density at radius 1 is 0.356 bits per heavy atom. The Balaban J connectivity index is 0.00000230. The van der Waals surface area contributed by atoms with Gasteiger partial charge in [0.25, 0.3) is 0 Å². The first-order valence-electron chi connectivity index (χ1n) is 14.4. The molecule has 0 aliphatic heterocycles. The Morgan fingerprint density at radius 2 is 0.667 bits per heavy atom. The summed E-state index contributed by atoms with van der Waals surface area (Å²) in [6.45, 7) is 0. The molecule has 0 heterocycles. The van der Waals surface area contributed by atoms with Gasteiger partial charge < -0.3 is 10.2 Å². The third-order valence-electron chi connectivity index (χ3n) is 7.53. The average Bonchev–Trinajstić information content (AvgIpc) is 3.06. The number of hydrogen-bond acceptors (Lipinski definition) is 2. The van der Waals surface area contributed by atoms with E-state index in [1.54, 1.807) is 12.1 Å². The molecule has 0 spiro atoms. The van der Waals surface area contributed by atoms with Crippen LogP contribution in [0.1, 0.15) is 33.4 Å². The van der Waals surface area contributed by atoms with Crippen LogP contribution >= 0.6 is 0 Å². The minimum absolute atomic E-state index is 0. The monoisotopic (exact) mass is 632 g/mol. The third-order valence-corrected chi connectivity index (χ3v) is 7.53. The van der Waals surface area contributed by atoms with Crippen molar-refractivity contribution in [2.45, 2.75) is 6.42 Å². The van der Waals surface area contributed by atoms with Gasteiger partial charge in [-0.3, -0.25) is 0 Å². The zero-order chi connectivity index (χ0) is 29.4. The molecular formula is C41H30K2O2. The smallest absolute Gasteiger partial charge is 0.872 e. The summed E-state index contributed by atoms with van der Waals surface area (Å²) in [5.74, 6) is -0.129. The fraction of sp³-hybridized carbons (Fsp3) is 0.0244. The summed E-state index contributed by atoms with van der Waals surface area (Å²) in [6, 6.07) is 47.7. The maximum atomic E-state index is 12.8. The molecule has 2 nitrogen and oxygen atoms in total. The van der Waals surface area contributed by atoms with Gasteiger partial charge in [-0.05, 0) is 50.9 Å².